The zero-order chi connectivity index (χ0) is 28.3. The first-order chi connectivity index (χ1) is 18.5. The lowest BCUT2D eigenvalue weighted by Gasteiger charge is -2.24. The fourth-order valence-corrected chi connectivity index (χ4v) is 5.40. The largest absolute Gasteiger partial charge is 0.368 e. The number of halogens is 3. The summed E-state index contributed by atoms with van der Waals surface area (Å²) >= 11 is 12.0. The molecule has 204 valence electrons. The molecule has 0 fully saturated rings. The molecule has 0 aromatic heterocycles. The molecule has 2 atom stereocenters. The monoisotopic (exact) mass is 589 g/mol. The van der Waals surface area contributed by atoms with E-state index >= 15 is 0 Å². The Hall–Kier alpha value is -3.47. The van der Waals surface area contributed by atoms with Gasteiger partial charge in [-0.15, -0.1) is 0 Å². The number of aliphatic imine (C=N–C) groups is 1. The molecular weight excluding hydrogens is 564 g/mol. The van der Waals surface area contributed by atoms with Crippen molar-refractivity contribution in [3.05, 3.63) is 94.2 Å². The second-order valence-electron chi connectivity index (χ2n) is 9.24. The standard InChI is InChI=1S/C27H26Cl2FN5O3S/c1-16(2)25(26(31)36)32-27(34-39(37,38)20-13-9-18(29)10-14-20)23-15-24(21-5-3-4-6-22(21)30)35(33-23)19-11-7-17(28)8-12-19/h3-14,16,24-25H,15H2,1-2H3,(H2,31,36)(H,32,34)/t24?,25-/m0/s1. The number of rotatable bonds is 8. The van der Waals surface area contributed by atoms with E-state index in [1.54, 1.807) is 61.3 Å². The molecule has 0 aliphatic carbocycles. The van der Waals surface area contributed by atoms with Crippen LogP contribution in [0.4, 0.5) is 10.1 Å². The molecule has 0 bridgehead atoms. The Morgan fingerprint density at radius 2 is 1.64 bits per heavy atom. The van der Waals surface area contributed by atoms with E-state index < -0.39 is 33.8 Å². The summed E-state index contributed by atoms with van der Waals surface area (Å²) in [6.07, 6.45) is 0.0785. The lowest BCUT2D eigenvalue weighted by atomic mass is 10.00. The van der Waals surface area contributed by atoms with Crippen molar-refractivity contribution in [2.45, 2.75) is 37.2 Å². The minimum absolute atomic E-state index is 0.0708. The Balaban J connectivity index is 1.83. The third-order valence-electron chi connectivity index (χ3n) is 6.09. The Morgan fingerprint density at radius 1 is 1.05 bits per heavy atom. The molecule has 0 radical (unpaired) electrons. The number of hydrazone groups is 1. The molecule has 0 saturated carbocycles. The van der Waals surface area contributed by atoms with Crippen LogP contribution in [-0.2, 0) is 14.8 Å². The second kappa shape index (κ2) is 11.7. The van der Waals surface area contributed by atoms with E-state index in [0.717, 1.165) is 0 Å². The maximum absolute atomic E-state index is 15.0. The number of benzene rings is 3. The van der Waals surface area contributed by atoms with E-state index in [2.05, 4.69) is 14.8 Å². The first kappa shape index (κ1) is 28.5. The SMILES string of the molecule is CC(C)[C@H](N=C(NS(=O)(=O)c1ccc(Cl)cc1)C1=NN(c2ccc(Cl)cc2)C(c2ccccc2F)C1)C(N)=O. The highest BCUT2D eigenvalue weighted by Gasteiger charge is 2.35. The first-order valence-corrected chi connectivity index (χ1v) is 14.2. The molecule has 3 aromatic rings. The lowest BCUT2D eigenvalue weighted by molar-refractivity contribution is -0.120. The van der Waals surface area contributed by atoms with Gasteiger partial charge >= 0.3 is 0 Å². The van der Waals surface area contributed by atoms with Crippen LogP contribution < -0.4 is 15.5 Å². The van der Waals surface area contributed by atoms with Gasteiger partial charge in [0.1, 0.15) is 17.6 Å². The number of hydrogen-bond acceptors (Lipinski definition) is 6. The van der Waals surface area contributed by atoms with Crippen molar-refractivity contribution >= 4 is 56.4 Å². The Kier molecular flexibility index (Phi) is 8.58. The van der Waals surface area contributed by atoms with E-state index in [9.17, 15) is 17.6 Å². The molecule has 12 heteroatoms. The van der Waals surface area contributed by atoms with Crippen LogP contribution in [0.2, 0.25) is 10.0 Å². The Labute approximate surface area is 236 Å². The predicted molar refractivity (Wildman–Crippen MR) is 152 cm³/mol. The van der Waals surface area contributed by atoms with Crippen molar-refractivity contribution in [3.8, 4) is 0 Å². The van der Waals surface area contributed by atoms with Crippen molar-refractivity contribution < 1.29 is 17.6 Å². The van der Waals surface area contributed by atoms with E-state index in [4.69, 9.17) is 28.9 Å². The predicted octanol–water partition coefficient (Wildman–Crippen LogP) is 5.33. The summed E-state index contributed by atoms with van der Waals surface area (Å²) in [5.74, 6) is -1.68. The highest BCUT2D eigenvalue weighted by Crippen LogP contribution is 2.37. The molecule has 8 nitrogen and oxygen atoms in total. The lowest BCUT2D eigenvalue weighted by Crippen LogP contribution is -2.40. The summed E-state index contributed by atoms with van der Waals surface area (Å²) in [7, 11) is -4.17. The summed E-state index contributed by atoms with van der Waals surface area (Å²) in [6, 6.07) is 16.9. The number of hydrogen-bond donors (Lipinski definition) is 2. The molecular formula is C27H26Cl2FN5O3S. The number of anilines is 1. The smallest absolute Gasteiger partial charge is 0.263 e. The van der Waals surface area contributed by atoms with Gasteiger partial charge in [-0.25, -0.2) is 12.8 Å². The zero-order valence-electron chi connectivity index (χ0n) is 21.1. The number of nitrogens with one attached hydrogen (secondary N) is 1. The van der Waals surface area contributed by atoms with Crippen LogP contribution in [0.5, 0.6) is 0 Å². The van der Waals surface area contributed by atoms with Crippen LogP contribution in [0.15, 0.2) is 87.8 Å². The van der Waals surface area contributed by atoms with E-state index in [-0.39, 0.29) is 28.8 Å². The summed E-state index contributed by atoms with van der Waals surface area (Å²) in [5, 5.41) is 7.10. The van der Waals surface area contributed by atoms with Crippen molar-refractivity contribution in [3.63, 3.8) is 0 Å². The van der Waals surface area contributed by atoms with Gasteiger partial charge in [0.2, 0.25) is 5.91 Å². The van der Waals surface area contributed by atoms with Crippen LogP contribution in [0.1, 0.15) is 31.9 Å². The summed E-state index contributed by atoms with van der Waals surface area (Å²) in [6.45, 7) is 3.48. The number of sulfonamides is 1. The molecule has 39 heavy (non-hydrogen) atoms. The van der Waals surface area contributed by atoms with Crippen molar-refractivity contribution in [1.29, 1.82) is 0 Å². The Bertz CT molecular complexity index is 1530. The summed E-state index contributed by atoms with van der Waals surface area (Å²) < 4.78 is 44.1. The summed E-state index contributed by atoms with van der Waals surface area (Å²) in [5.41, 5.74) is 6.74. The molecule has 1 heterocycles. The topological polar surface area (TPSA) is 117 Å². The molecule has 1 aliphatic rings. The average molecular weight is 591 g/mol. The molecule has 1 unspecified atom stereocenters. The molecule has 0 spiro atoms. The second-order valence-corrected chi connectivity index (χ2v) is 11.8. The van der Waals surface area contributed by atoms with Gasteiger partial charge in [-0.2, -0.15) is 5.10 Å². The van der Waals surface area contributed by atoms with Crippen molar-refractivity contribution in [2.24, 2.45) is 21.7 Å². The molecule has 0 saturated heterocycles. The number of carbonyl (C=O) groups is 1. The molecule has 1 amide bonds. The normalized spacial score (nSPS) is 16.8. The van der Waals surface area contributed by atoms with Crippen LogP contribution in [0, 0.1) is 11.7 Å². The highest BCUT2D eigenvalue weighted by atomic mass is 35.5. The maximum atomic E-state index is 15.0. The number of amidine groups is 1. The number of nitrogens with two attached hydrogens (primary N) is 1. The Morgan fingerprint density at radius 3 is 2.21 bits per heavy atom. The summed E-state index contributed by atoms with van der Waals surface area (Å²) in [4.78, 5) is 16.6. The van der Waals surface area contributed by atoms with Gasteiger partial charge in [0.05, 0.1) is 16.6 Å². The quantitative estimate of drug-likeness (QED) is 0.273. The van der Waals surface area contributed by atoms with Gasteiger partial charge < -0.3 is 5.73 Å². The van der Waals surface area contributed by atoms with E-state index in [1.807, 2.05) is 0 Å². The number of primary amides is 1. The first-order valence-electron chi connectivity index (χ1n) is 12.0. The van der Waals surface area contributed by atoms with Crippen molar-refractivity contribution in [1.82, 2.24) is 4.72 Å². The van der Waals surface area contributed by atoms with Crippen LogP contribution >= 0.6 is 23.2 Å². The molecule has 3 aromatic carbocycles. The molecule has 1 aliphatic heterocycles. The van der Waals surface area contributed by atoms with Crippen LogP contribution in [0.3, 0.4) is 0 Å². The maximum Gasteiger partial charge on any atom is 0.263 e. The van der Waals surface area contributed by atoms with Gasteiger partial charge in [0.15, 0.2) is 5.84 Å². The zero-order valence-corrected chi connectivity index (χ0v) is 23.4. The number of amides is 1. The molecule has 3 N–H and O–H groups in total. The van der Waals surface area contributed by atoms with Gasteiger partial charge in [-0.05, 0) is 60.5 Å². The minimum Gasteiger partial charge on any atom is -0.368 e. The number of nitrogens with zero attached hydrogens (tertiary/aromatic N) is 3. The van der Waals surface area contributed by atoms with Gasteiger partial charge in [0.25, 0.3) is 10.0 Å². The number of carbonyl (C=O) groups excluding carboxylic acids is 1. The van der Waals surface area contributed by atoms with Gasteiger partial charge in [0, 0.05) is 22.0 Å². The highest BCUT2D eigenvalue weighted by molar-refractivity contribution is 7.90. The van der Waals surface area contributed by atoms with E-state index in [1.165, 1.54) is 30.3 Å². The van der Waals surface area contributed by atoms with Gasteiger partial charge in [-0.3, -0.25) is 19.5 Å². The van der Waals surface area contributed by atoms with Crippen LogP contribution in [0.25, 0.3) is 0 Å². The van der Waals surface area contributed by atoms with Crippen LogP contribution in [-0.4, -0.2) is 31.9 Å². The fraction of sp³-hybridized carbons (Fsp3) is 0.222. The van der Waals surface area contributed by atoms with Crippen molar-refractivity contribution in [2.75, 3.05) is 5.01 Å². The van der Waals surface area contributed by atoms with Gasteiger partial charge in [-0.1, -0.05) is 55.2 Å². The van der Waals surface area contributed by atoms with E-state index in [0.29, 0.717) is 21.3 Å². The molecule has 4 rings (SSSR count). The fourth-order valence-electron chi connectivity index (χ4n) is 4.11. The minimum atomic E-state index is -4.17. The third-order valence-corrected chi connectivity index (χ3v) is 7.94. The average Bonchev–Trinajstić information content (AvgIpc) is 3.32. The third kappa shape index (κ3) is 6.58.